The maximum Gasteiger partial charge on any atom is 0.175 e. The van der Waals surface area contributed by atoms with Crippen LogP contribution in [-0.4, -0.2) is 29.9 Å². The van der Waals surface area contributed by atoms with E-state index in [4.69, 9.17) is 10.7 Å². The molecule has 4 N–H and O–H groups in total. The average molecular weight is 391 g/mol. The lowest BCUT2D eigenvalue weighted by Crippen LogP contribution is -2.48. The van der Waals surface area contributed by atoms with Gasteiger partial charge in [-0.25, -0.2) is 0 Å². The smallest absolute Gasteiger partial charge is 0.175 e. The summed E-state index contributed by atoms with van der Waals surface area (Å²) < 4.78 is 0. The van der Waals surface area contributed by atoms with Crippen LogP contribution >= 0.6 is 0 Å². The molecule has 1 fully saturated rings. The number of allylic oxidation sites excluding steroid dienone is 5. The third-order valence-corrected chi connectivity index (χ3v) is 7.02. The number of aliphatic imine (C=N–C) groups is 1. The van der Waals surface area contributed by atoms with Gasteiger partial charge in [-0.1, -0.05) is 49.5 Å². The van der Waals surface area contributed by atoms with Crippen molar-refractivity contribution in [2.24, 2.45) is 40.3 Å². The number of ketones is 1. The predicted molar refractivity (Wildman–Crippen MR) is 116 cm³/mol. The number of carbonyl (C=O) groups is 1. The van der Waals surface area contributed by atoms with Gasteiger partial charge in [0.2, 0.25) is 0 Å². The minimum atomic E-state index is -0.893. The van der Waals surface area contributed by atoms with Crippen molar-refractivity contribution in [1.82, 2.24) is 10.6 Å². The number of hydrogen-bond acceptors (Lipinski definition) is 5. The van der Waals surface area contributed by atoms with E-state index in [0.717, 1.165) is 24.2 Å². The third-order valence-electron chi connectivity index (χ3n) is 7.02. The van der Waals surface area contributed by atoms with Crippen LogP contribution in [0.2, 0.25) is 0 Å². The molecule has 0 aromatic rings. The average Bonchev–Trinajstić information content (AvgIpc) is 3.47. The van der Waals surface area contributed by atoms with Gasteiger partial charge in [0, 0.05) is 18.2 Å². The zero-order valence-corrected chi connectivity index (χ0v) is 17.1. The van der Waals surface area contributed by atoms with Crippen molar-refractivity contribution in [3.05, 3.63) is 59.9 Å². The second-order valence-corrected chi connectivity index (χ2v) is 9.21. The summed E-state index contributed by atoms with van der Waals surface area (Å²) in [5, 5.41) is 7.10. The van der Waals surface area contributed by atoms with E-state index in [1.807, 2.05) is 6.92 Å². The molecule has 5 aliphatic rings. The molecule has 1 saturated carbocycles. The van der Waals surface area contributed by atoms with Crippen LogP contribution in [0.4, 0.5) is 0 Å². The van der Waals surface area contributed by atoms with Crippen LogP contribution in [0, 0.1) is 29.6 Å². The first-order chi connectivity index (χ1) is 14.0. The van der Waals surface area contributed by atoms with Crippen molar-refractivity contribution in [2.75, 3.05) is 6.54 Å². The first-order valence-corrected chi connectivity index (χ1v) is 10.8. The third kappa shape index (κ3) is 3.12. The number of nitrogens with one attached hydrogen (secondary N) is 2. The number of nitrogens with two attached hydrogens (primary N) is 1. The monoisotopic (exact) mass is 390 g/mol. The number of nitrogens with zero attached hydrogens (tertiary/aromatic N) is 1. The highest BCUT2D eigenvalue weighted by atomic mass is 16.1. The predicted octanol–water partition coefficient (Wildman–Crippen LogP) is 2.60. The molecule has 0 bridgehead atoms. The summed E-state index contributed by atoms with van der Waals surface area (Å²) in [4.78, 5) is 18.4. The molecule has 7 unspecified atom stereocenters. The maximum atomic E-state index is 13.5. The molecule has 0 spiro atoms. The summed E-state index contributed by atoms with van der Waals surface area (Å²) in [5.74, 6) is 1.99. The molecule has 3 aliphatic carbocycles. The lowest BCUT2D eigenvalue weighted by Gasteiger charge is -2.37. The molecule has 0 aromatic carbocycles. The van der Waals surface area contributed by atoms with E-state index in [9.17, 15) is 4.79 Å². The summed E-state index contributed by atoms with van der Waals surface area (Å²) in [7, 11) is 0. The molecule has 2 aliphatic heterocycles. The summed E-state index contributed by atoms with van der Waals surface area (Å²) in [6.45, 7) is 5.05. The Morgan fingerprint density at radius 2 is 2.07 bits per heavy atom. The Bertz CT molecular complexity index is 908. The van der Waals surface area contributed by atoms with E-state index in [-0.39, 0.29) is 23.8 Å². The molecule has 29 heavy (non-hydrogen) atoms. The van der Waals surface area contributed by atoms with Crippen molar-refractivity contribution >= 4 is 11.6 Å². The molecule has 0 amide bonds. The SMILES string of the molecule is CC1C=CC(NC2=CC=CC(C3(C4=CC5CC5C=C4)N=C(N)C(C)C3=O)C2)NC1. The van der Waals surface area contributed by atoms with Gasteiger partial charge in [-0.05, 0) is 49.2 Å². The van der Waals surface area contributed by atoms with E-state index in [0.29, 0.717) is 23.6 Å². The van der Waals surface area contributed by atoms with Gasteiger partial charge in [0.1, 0.15) is 5.84 Å². The standard InChI is InChI=1S/C24H30N4O/c1-14-6-9-21(26-13-14)27-20-5-3-4-18(12-20)24(22(29)15(2)23(25)28-24)19-8-7-16-10-17(16)11-19/h3-9,11,14-18,21,26-27H,10,12-13H2,1-2H3,(H2,25,28). The van der Waals surface area contributed by atoms with E-state index >= 15 is 0 Å². The molecule has 7 atom stereocenters. The molecular weight excluding hydrogens is 360 g/mol. The number of Topliss-reactive ketones (excluding diaryl/α,β-unsaturated/α-hetero) is 1. The molecule has 0 saturated heterocycles. The highest BCUT2D eigenvalue weighted by Crippen LogP contribution is 2.50. The van der Waals surface area contributed by atoms with Crippen LogP contribution in [0.15, 0.2) is 64.9 Å². The highest BCUT2D eigenvalue weighted by Gasteiger charge is 2.55. The van der Waals surface area contributed by atoms with Gasteiger partial charge in [-0.15, -0.1) is 0 Å². The van der Waals surface area contributed by atoms with Crippen LogP contribution in [0.1, 0.15) is 26.7 Å². The Hall–Kier alpha value is -2.40. The summed E-state index contributed by atoms with van der Waals surface area (Å²) in [5.41, 5.74) is 7.47. The van der Waals surface area contributed by atoms with Crippen molar-refractivity contribution in [3.63, 3.8) is 0 Å². The lowest BCUT2D eigenvalue weighted by molar-refractivity contribution is -0.124. The number of amidine groups is 1. The van der Waals surface area contributed by atoms with Crippen molar-refractivity contribution in [1.29, 1.82) is 0 Å². The molecular formula is C24H30N4O. The summed E-state index contributed by atoms with van der Waals surface area (Å²) in [6.07, 6.45) is 19.4. The van der Waals surface area contributed by atoms with Crippen molar-refractivity contribution in [3.8, 4) is 0 Å². The van der Waals surface area contributed by atoms with Crippen LogP contribution in [0.5, 0.6) is 0 Å². The second kappa shape index (κ2) is 6.84. The first-order valence-electron chi connectivity index (χ1n) is 10.8. The Balaban J connectivity index is 1.43. The number of hydrogen-bond donors (Lipinski definition) is 3. The molecule has 2 heterocycles. The largest absolute Gasteiger partial charge is 0.387 e. The van der Waals surface area contributed by atoms with E-state index < -0.39 is 5.54 Å². The quantitative estimate of drug-likeness (QED) is 0.645. The summed E-state index contributed by atoms with van der Waals surface area (Å²) in [6, 6.07) is 0. The Morgan fingerprint density at radius 3 is 2.76 bits per heavy atom. The van der Waals surface area contributed by atoms with Crippen molar-refractivity contribution < 1.29 is 4.79 Å². The minimum Gasteiger partial charge on any atom is -0.387 e. The van der Waals surface area contributed by atoms with Gasteiger partial charge in [-0.2, -0.15) is 0 Å². The fraction of sp³-hybridized carbons (Fsp3) is 0.500. The minimum absolute atomic E-state index is 0.0382. The van der Waals surface area contributed by atoms with Crippen LogP contribution in [-0.2, 0) is 4.79 Å². The van der Waals surface area contributed by atoms with Gasteiger partial charge in [0.25, 0.3) is 0 Å². The molecule has 5 nitrogen and oxygen atoms in total. The Labute approximate surface area is 172 Å². The fourth-order valence-corrected chi connectivity index (χ4v) is 5.04. The lowest BCUT2D eigenvalue weighted by atomic mass is 9.69. The van der Waals surface area contributed by atoms with Crippen LogP contribution in [0.3, 0.4) is 0 Å². The van der Waals surface area contributed by atoms with Crippen LogP contribution < -0.4 is 16.4 Å². The van der Waals surface area contributed by atoms with Crippen LogP contribution in [0.25, 0.3) is 0 Å². The van der Waals surface area contributed by atoms with E-state index in [1.165, 1.54) is 6.42 Å². The fourth-order valence-electron chi connectivity index (χ4n) is 5.04. The van der Waals surface area contributed by atoms with Gasteiger partial charge < -0.3 is 11.1 Å². The molecule has 152 valence electrons. The number of carbonyl (C=O) groups excluding carboxylic acids is 1. The normalized spacial score (nSPS) is 42.8. The molecule has 5 heteroatoms. The van der Waals surface area contributed by atoms with E-state index in [2.05, 4.69) is 66.2 Å². The number of rotatable bonds is 4. The molecule has 0 aromatic heterocycles. The second-order valence-electron chi connectivity index (χ2n) is 9.21. The Morgan fingerprint density at radius 1 is 1.21 bits per heavy atom. The van der Waals surface area contributed by atoms with Gasteiger partial charge >= 0.3 is 0 Å². The zero-order chi connectivity index (χ0) is 20.2. The van der Waals surface area contributed by atoms with Gasteiger partial charge in [-0.3, -0.25) is 15.1 Å². The number of fused-ring (bicyclic) bond motifs is 1. The summed E-state index contributed by atoms with van der Waals surface area (Å²) >= 11 is 0. The Kier molecular flexibility index (Phi) is 4.39. The maximum absolute atomic E-state index is 13.5. The van der Waals surface area contributed by atoms with Gasteiger partial charge in [0.05, 0.1) is 12.1 Å². The van der Waals surface area contributed by atoms with Crippen molar-refractivity contribution in [2.45, 2.75) is 38.4 Å². The van der Waals surface area contributed by atoms with E-state index in [1.54, 1.807) is 0 Å². The highest BCUT2D eigenvalue weighted by molar-refractivity contribution is 6.14. The topological polar surface area (TPSA) is 79.5 Å². The molecule has 0 radical (unpaired) electrons. The first kappa shape index (κ1) is 18.6. The molecule has 5 rings (SSSR count). The van der Waals surface area contributed by atoms with Gasteiger partial charge in [0.15, 0.2) is 11.3 Å². The zero-order valence-electron chi connectivity index (χ0n) is 17.1.